The maximum absolute atomic E-state index is 14.8. The Morgan fingerprint density at radius 1 is 0.985 bits per heavy atom. The Bertz CT molecular complexity index is 1650. The highest BCUT2D eigenvalue weighted by Crippen LogP contribution is 2.63. The third-order valence-corrected chi connectivity index (χ3v) is 15.1. The summed E-state index contributed by atoms with van der Waals surface area (Å²) < 4.78 is 70.1. The lowest BCUT2D eigenvalue weighted by molar-refractivity contribution is -0.321. The Morgan fingerprint density at radius 2 is 1.68 bits per heavy atom. The van der Waals surface area contributed by atoms with Gasteiger partial charge in [-0.05, 0) is 101 Å². The fourth-order valence-corrected chi connectivity index (χ4v) is 11.4. The van der Waals surface area contributed by atoms with Crippen molar-refractivity contribution in [3.05, 3.63) is 0 Å². The summed E-state index contributed by atoms with van der Waals surface area (Å²) >= 11 is 0. The van der Waals surface area contributed by atoms with Crippen molar-refractivity contribution in [1.82, 2.24) is 9.80 Å². The van der Waals surface area contributed by atoms with Gasteiger partial charge >= 0.3 is 11.9 Å². The highest BCUT2D eigenvalue weighted by molar-refractivity contribution is 5.73. The SMILES string of the molecule is CC[C@H]1OC(=O)[C@H](C)[C@@H](OC2C[C@@](C)(OC)[C@@H](OCCCOCCC#N)[C@H](C)O2)[C@H](C)[C@@H](O[C@@H]2O[C@H](C)C[C@H](N(C)C)[C@H]2OC(C)=O)[C@](C)(O)C[C@@H](C)CN(C)[C@@H](C)C2O[C@@H](O)C23O[C@]13C. The van der Waals surface area contributed by atoms with Crippen molar-refractivity contribution in [2.75, 3.05) is 54.6 Å². The Labute approximate surface area is 393 Å². The number of carbonyl (C=O) groups excluding carboxylic acids is 2. The van der Waals surface area contributed by atoms with E-state index in [1.54, 1.807) is 21.0 Å². The third-order valence-electron chi connectivity index (χ3n) is 15.1. The molecule has 0 bridgehead atoms. The van der Waals surface area contributed by atoms with E-state index in [4.69, 9.17) is 57.4 Å². The van der Waals surface area contributed by atoms with E-state index >= 15 is 0 Å². The van der Waals surface area contributed by atoms with Crippen LogP contribution in [0.25, 0.3) is 0 Å². The van der Waals surface area contributed by atoms with Crippen LogP contribution >= 0.6 is 0 Å². The van der Waals surface area contributed by atoms with Crippen LogP contribution in [0.1, 0.15) is 115 Å². The van der Waals surface area contributed by atoms with Crippen molar-refractivity contribution in [2.24, 2.45) is 17.8 Å². The number of carbonyl (C=O) groups is 2. The minimum absolute atomic E-state index is 0.118. The van der Waals surface area contributed by atoms with Crippen molar-refractivity contribution in [3.8, 4) is 6.07 Å². The van der Waals surface area contributed by atoms with E-state index in [9.17, 15) is 19.8 Å². The first-order valence-corrected chi connectivity index (χ1v) is 24.1. The van der Waals surface area contributed by atoms with E-state index in [1.807, 2.05) is 74.5 Å². The first-order chi connectivity index (χ1) is 30.9. The second-order valence-corrected chi connectivity index (χ2v) is 20.7. The van der Waals surface area contributed by atoms with E-state index in [1.165, 1.54) is 6.92 Å². The van der Waals surface area contributed by atoms with Crippen molar-refractivity contribution in [2.45, 2.75) is 217 Å². The molecule has 2 N–H and O–H groups in total. The molecule has 380 valence electrons. The predicted octanol–water partition coefficient (Wildman–Crippen LogP) is 3.95. The van der Waals surface area contributed by atoms with Crippen LogP contribution in [0.3, 0.4) is 0 Å². The van der Waals surface area contributed by atoms with E-state index in [0.29, 0.717) is 52.0 Å². The lowest BCUT2D eigenvalue weighted by Gasteiger charge is -2.50. The van der Waals surface area contributed by atoms with Crippen molar-refractivity contribution in [3.63, 3.8) is 0 Å². The van der Waals surface area contributed by atoms with Crippen LogP contribution in [-0.2, 0) is 61.7 Å². The maximum atomic E-state index is 14.8. The van der Waals surface area contributed by atoms with Crippen molar-refractivity contribution in [1.29, 1.82) is 5.26 Å². The fourth-order valence-electron chi connectivity index (χ4n) is 11.4. The average Bonchev–Trinajstić information content (AvgIpc) is 3.92. The summed E-state index contributed by atoms with van der Waals surface area (Å²) in [5.41, 5.74) is -4.60. The molecule has 0 aliphatic carbocycles. The third kappa shape index (κ3) is 11.6. The summed E-state index contributed by atoms with van der Waals surface area (Å²) in [6.07, 6.45) is -6.38. The summed E-state index contributed by atoms with van der Waals surface area (Å²) in [5.74, 6) is -2.93. The molecule has 18 nitrogen and oxygen atoms in total. The van der Waals surface area contributed by atoms with Gasteiger partial charge in [0, 0.05) is 52.2 Å². The molecule has 0 aromatic carbocycles. The van der Waals surface area contributed by atoms with Gasteiger partial charge in [-0.1, -0.05) is 20.8 Å². The molecule has 18 heteroatoms. The van der Waals surface area contributed by atoms with Gasteiger partial charge in [-0.15, -0.1) is 0 Å². The highest BCUT2D eigenvalue weighted by atomic mass is 16.8. The Hall–Kier alpha value is -2.09. The van der Waals surface area contributed by atoms with Crippen LogP contribution in [-0.4, -0.2) is 189 Å². The highest BCUT2D eigenvalue weighted by Gasteiger charge is 2.85. The normalized spacial score (nSPS) is 46.0. The molecule has 5 aliphatic rings. The Morgan fingerprint density at radius 3 is 2.29 bits per heavy atom. The number of nitriles is 1. The van der Waals surface area contributed by atoms with Gasteiger partial charge in [-0.2, -0.15) is 5.26 Å². The quantitative estimate of drug-likeness (QED) is 0.135. The Kier molecular flexibility index (Phi) is 18.6. The van der Waals surface area contributed by atoms with E-state index in [2.05, 4.69) is 17.9 Å². The van der Waals surface area contributed by atoms with Crippen LogP contribution in [0.5, 0.6) is 0 Å². The molecule has 0 amide bonds. The van der Waals surface area contributed by atoms with Gasteiger partial charge < -0.3 is 72.1 Å². The molecule has 0 aromatic rings. The number of aliphatic hydroxyl groups is 2. The second-order valence-electron chi connectivity index (χ2n) is 20.7. The largest absolute Gasteiger partial charge is 0.459 e. The van der Waals surface area contributed by atoms with Crippen molar-refractivity contribution < 1.29 is 71.9 Å². The minimum Gasteiger partial charge on any atom is -0.459 e. The molecule has 5 saturated heterocycles. The number of likely N-dealkylation sites (N-methyl/N-ethyl adjacent to an activating group) is 2. The molecule has 5 heterocycles. The number of cyclic esters (lactones) is 1. The average molecular weight is 942 g/mol. The monoisotopic (exact) mass is 942 g/mol. The molecule has 20 atom stereocenters. The Balaban J connectivity index is 1.54. The summed E-state index contributed by atoms with van der Waals surface area (Å²) in [4.78, 5) is 31.6. The van der Waals surface area contributed by atoms with Crippen LogP contribution < -0.4 is 0 Å². The van der Waals surface area contributed by atoms with Crippen LogP contribution in [0, 0.1) is 29.1 Å². The van der Waals surface area contributed by atoms with E-state index < -0.39 is 108 Å². The minimum atomic E-state index is -1.59. The van der Waals surface area contributed by atoms with Crippen molar-refractivity contribution >= 4 is 11.9 Å². The first kappa shape index (κ1) is 54.8. The summed E-state index contributed by atoms with van der Waals surface area (Å²) in [6, 6.07) is 1.59. The lowest BCUT2D eigenvalue weighted by Crippen LogP contribution is -2.68. The zero-order chi connectivity index (χ0) is 49.1. The number of ether oxygens (including phenoxy) is 11. The number of hydrogen-bond donors (Lipinski definition) is 2. The summed E-state index contributed by atoms with van der Waals surface area (Å²) in [7, 11) is 7.42. The molecular formula is C48H83N3O15. The molecule has 5 aliphatic heterocycles. The first-order valence-electron chi connectivity index (χ1n) is 24.1. The van der Waals surface area contributed by atoms with Gasteiger partial charge in [0.05, 0.1) is 66.7 Å². The molecule has 1 spiro atoms. The van der Waals surface area contributed by atoms with Gasteiger partial charge in [0.15, 0.2) is 30.6 Å². The van der Waals surface area contributed by atoms with Gasteiger partial charge in [0.2, 0.25) is 0 Å². The van der Waals surface area contributed by atoms with Crippen LogP contribution in [0.15, 0.2) is 0 Å². The number of esters is 2. The van der Waals surface area contributed by atoms with Crippen LogP contribution in [0.4, 0.5) is 0 Å². The fraction of sp³-hybridized carbons (Fsp3) is 0.938. The van der Waals surface area contributed by atoms with Gasteiger partial charge in [-0.25, -0.2) is 0 Å². The van der Waals surface area contributed by atoms with E-state index in [0.717, 1.165) is 0 Å². The molecule has 3 unspecified atom stereocenters. The molecule has 5 rings (SSSR count). The van der Waals surface area contributed by atoms with Gasteiger partial charge in [-0.3, -0.25) is 9.59 Å². The molecular weight excluding hydrogens is 859 g/mol. The van der Waals surface area contributed by atoms with Crippen LogP contribution in [0.2, 0.25) is 0 Å². The number of nitrogens with zero attached hydrogens (tertiary/aromatic N) is 3. The van der Waals surface area contributed by atoms with Gasteiger partial charge in [0.1, 0.15) is 23.9 Å². The second kappa shape index (κ2) is 22.3. The number of epoxide rings is 1. The maximum Gasteiger partial charge on any atom is 0.311 e. The number of rotatable bonds is 15. The zero-order valence-electron chi connectivity index (χ0n) is 42.4. The lowest BCUT2D eigenvalue weighted by atomic mass is 9.76. The number of methoxy groups -OCH3 is 1. The molecule has 66 heavy (non-hydrogen) atoms. The molecule has 0 saturated carbocycles. The molecule has 5 fully saturated rings. The zero-order valence-corrected chi connectivity index (χ0v) is 42.4. The van der Waals surface area contributed by atoms with Gasteiger partial charge in [0.25, 0.3) is 0 Å². The molecule has 0 aromatic heterocycles. The smallest absolute Gasteiger partial charge is 0.311 e. The molecule has 0 radical (unpaired) electrons. The summed E-state index contributed by atoms with van der Waals surface area (Å²) in [6.45, 7) is 22.0. The number of aliphatic hydroxyl groups excluding tert-OH is 1. The number of hydrogen-bond acceptors (Lipinski definition) is 18. The van der Waals surface area contributed by atoms with E-state index in [-0.39, 0.29) is 36.9 Å². The summed E-state index contributed by atoms with van der Waals surface area (Å²) in [5, 5.41) is 32.9. The predicted molar refractivity (Wildman–Crippen MR) is 240 cm³/mol. The standard InChI is InChI=1S/C48H83N3O15/c1-16-35-47(11)48(66-47)40(65-44(48)54)31(6)51(14)26-27(2)24-45(9,55)39(64-43-38(61-33(8)52)34(50(12)13)23-28(3)59-43)29(4)37(30(5)42(53)62-35)63-36-25-46(10,56-15)41(32(7)60-36)58-22-18-21-57-20-17-19-49/h27-32,34-41,43-44,54-55H,16-18,20-26H2,1-15H3/t27-,28-,29+,30-,31+,32+,34+,35-,36?,37+,38-,39-,40?,41+,43+,44-,45-,46-,47-,48?/m1/s1. The topological polar surface area (TPSA) is 210 Å².